The molecule has 0 atom stereocenters. The Morgan fingerprint density at radius 3 is 2.53 bits per heavy atom. The summed E-state index contributed by atoms with van der Waals surface area (Å²) >= 11 is 0. The van der Waals surface area contributed by atoms with Gasteiger partial charge in [0.1, 0.15) is 0 Å². The molecule has 1 amide bonds. The summed E-state index contributed by atoms with van der Waals surface area (Å²) in [7, 11) is 0. The number of primary amides is 1. The highest BCUT2D eigenvalue weighted by Crippen LogP contribution is 1.92. The smallest absolute Gasteiger partial charge is 0.307 e. The quantitative estimate of drug-likeness (QED) is 0.425. The molecule has 0 aromatic rings. The minimum absolute atomic E-state index is 0.179. The summed E-state index contributed by atoms with van der Waals surface area (Å²) in [6.45, 7) is 3.63. The van der Waals surface area contributed by atoms with Crippen LogP contribution in [-0.2, 0) is 14.3 Å². The van der Waals surface area contributed by atoms with Crippen molar-refractivity contribution in [3.05, 3.63) is 0 Å². The molecule has 0 saturated heterocycles. The highest BCUT2D eigenvalue weighted by molar-refractivity contribution is 5.73. The molecule has 0 aromatic carbocycles. The monoisotopic (exact) mass is 216 g/mol. The molecule has 15 heavy (non-hydrogen) atoms. The third-order valence-electron chi connectivity index (χ3n) is 1.84. The normalized spacial score (nSPS) is 9.93. The van der Waals surface area contributed by atoms with Gasteiger partial charge in [-0.2, -0.15) is 0 Å². The molecule has 0 aromatic heterocycles. The van der Waals surface area contributed by atoms with Crippen LogP contribution in [0, 0.1) is 0 Å². The van der Waals surface area contributed by atoms with Crippen LogP contribution in [0.3, 0.4) is 0 Å². The largest absolute Gasteiger partial charge is 0.466 e. The van der Waals surface area contributed by atoms with Gasteiger partial charge in [0.15, 0.2) is 0 Å². The lowest BCUT2D eigenvalue weighted by Crippen LogP contribution is -2.21. The van der Waals surface area contributed by atoms with Crippen molar-refractivity contribution in [2.24, 2.45) is 5.73 Å². The highest BCUT2D eigenvalue weighted by atomic mass is 16.5. The predicted octanol–water partition coefficient (Wildman–Crippen LogP) is 0.185. The molecular formula is C10H20N2O3. The number of esters is 1. The van der Waals surface area contributed by atoms with E-state index in [0.717, 1.165) is 19.4 Å². The number of unbranched alkanes of at least 4 members (excludes halogenated alkanes) is 1. The lowest BCUT2D eigenvalue weighted by atomic mass is 10.2. The van der Waals surface area contributed by atoms with Crippen LogP contribution in [0.25, 0.3) is 0 Å². The minimum Gasteiger partial charge on any atom is -0.466 e. The Labute approximate surface area is 90.4 Å². The van der Waals surface area contributed by atoms with E-state index >= 15 is 0 Å². The zero-order valence-electron chi connectivity index (χ0n) is 9.25. The van der Waals surface area contributed by atoms with Gasteiger partial charge in [-0.05, 0) is 26.3 Å². The summed E-state index contributed by atoms with van der Waals surface area (Å²) in [6.07, 6.45) is 2.51. The first-order chi connectivity index (χ1) is 7.16. The minimum atomic E-state index is -0.262. The van der Waals surface area contributed by atoms with Crippen molar-refractivity contribution in [2.75, 3.05) is 19.7 Å². The van der Waals surface area contributed by atoms with E-state index in [4.69, 9.17) is 10.5 Å². The summed E-state index contributed by atoms with van der Waals surface area (Å²) in [4.78, 5) is 21.3. The van der Waals surface area contributed by atoms with Crippen molar-refractivity contribution in [1.82, 2.24) is 5.32 Å². The van der Waals surface area contributed by atoms with Gasteiger partial charge >= 0.3 is 5.97 Å². The molecule has 0 unspecified atom stereocenters. The number of rotatable bonds is 9. The average Bonchev–Trinajstić information content (AvgIpc) is 2.16. The molecule has 0 fully saturated rings. The number of ether oxygens (including phenoxy) is 1. The summed E-state index contributed by atoms with van der Waals surface area (Å²) < 4.78 is 4.76. The van der Waals surface area contributed by atoms with Crippen LogP contribution in [0.1, 0.15) is 32.6 Å². The molecule has 0 aliphatic carbocycles. The van der Waals surface area contributed by atoms with Crippen LogP contribution in [0.4, 0.5) is 0 Å². The third-order valence-corrected chi connectivity index (χ3v) is 1.84. The summed E-state index contributed by atoms with van der Waals surface area (Å²) in [6, 6.07) is 0. The molecule has 5 nitrogen and oxygen atoms in total. The Morgan fingerprint density at radius 1 is 1.20 bits per heavy atom. The van der Waals surface area contributed by atoms with Crippen LogP contribution in [0.5, 0.6) is 0 Å². The molecule has 0 heterocycles. The lowest BCUT2D eigenvalue weighted by molar-refractivity contribution is -0.143. The first-order valence-electron chi connectivity index (χ1n) is 5.31. The maximum absolute atomic E-state index is 10.9. The molecule has 5 heteroatoms. The number of hydrogen-bond acceptors (Lipinski definition) is 4. The Balaban J connectivity index is 3.11. The number of nitrogens with one attached hydrogen (secondary N) is 1. The predicted molar refractivity (Wildman–Crippen MR) is 57.2 cm³/mol. The molecule has 3 N–H and O–H groups in total. The van der Waals surface area contributed by atoms with E-state index in [1.54, 1.807) is 6.92 Å². The van der Waals surface area contributed by atoms with E-state index in [1.165, 1.54) is 0 Å². The Bertz CT molecular complexity index is 195. The molecule has 0 spiro atoms. The van der Waals surface area contributed by atoms with Crippen LogP contribution >= 0.6 is 0 Å². The van der Waals surface area contributed by atoms with Crippen molar-refractivity contribution in [2.45, 2.75) is 32.6 Å². The van der Waals surface area contributed by atoms with Gasteiger partial charge in [-0.3, -0.25) is 9.59 Å². The highest BCUT2D eigenvalue weighted by Gasteiger charge is 1.99. The van der Waals surface area contributed by atoms with Gasteiger partial charge in [-0.1, -0.05) is 0 Å². The molecule has 0 aliphatic heterocycles. The van der Waals surface area contributed by atoms with Gasteiger partial charge < -0.3 is 15.8 Å². The summed E-state index contributed by atoms with van der Waals surface area (Å²) in [5.74, 6) is -0.441. The molecular weight excluding hydrogens is 196 g/mol. The van der Waals surface area contributed by atoms with E-state index < -0.39 is 0 Å². The van der Waals surface area contributed by atoms with E-state index in [1.807, 2.05) is 0 Å². The maximum Gasteiger partial charge on any atom is 0.307 e. The van der Waals surface area contributed by atoms with Crippen LogP contribution in [-0.4, -0.2) is 31.6 Å². The van der Waals surface area contributed by atoms with Crippen molar-refractivity contribution in [1.29, 1.82) is 0 Å². The fraction of sp³-hybridized carbons (Fsp3) is 0.800. The van der Waals surface area contributed by atoms with Crippen LogP contribution < -0.4 is 11.1 Å². The van der Waals surface area contributed by atoms with Crippen LogP contribution in [0.15, 0.2) is 0 Å². The number of nitrogens with two attached hydrogens (primary N) is 1. The van der Waals surface area contributed by atoms with Gasteiger partial charge in [0.2, 0.25) is 5.91 Å². The molecule has 0 radical (unpaired) electrons. The van der Waals surface area contributed by atoms with Crippen molar-refractivity contribution >= 4 is 11.9 Å². The van der Waals surface area contributed by atoms with E-state index in [9.17, 15) is 9.59 Å². The van der Waals surface area contributed by atoms with E-state index in [-0.39, 0.29) is 11.9 Å². The molecule has 0 bridgehead atoms. The summed E-state index contributed by atoms with van der Waals surface area (Å²) in [5.41, 5.74) is 4.99. The molecule has 0 aliphatic rings. The average molecular weight is 216 g/mol. The molecule has 0 rings (SSSR count). The lowest BCUT2D eigenvalue weighted by Gasteiger charge is -2.03. The Hall–Kier alpha value is -1.10. The first kappa shape index (κ1) is 13.9. The topological polar surface area (TPSA) is 81.4 Å². The Kier molecular flexibility index (Phi) is 8.76. The number of hydrogen-bond donors (Lipinski definition) is 2. The van der Waals surface area contributed by atoms with Gasteiger partial charge in [-0.25, -0.2) is 0 Å². The molecule has 0 saturated carbocycles. The second-order valence-electron chi connectivity index (χ2n) is 3.23. The third kappa shape index (κ3) is 10.8. The number of amides is 1. The number of carbonyl (C=O) groups is 2. The zero-order chi connectivity index (χ0) is 11.5. The van der Waals surface area contributed by atoms with Crippen molar-refractivity contribution < 1.29 is 14.3 Å². The maximum atomic E-state index is 10.9. The summed E-state index contributed by atoms with van der Waals surface area (Å²) in [5, 5.41) is 3.10. The second-order valence-corrected chi connectivity index (χ2v) is 3.23. The van der Waals surface area contributed by atoms with Gasteiger partial charge in [0.25, 0.3) is 0 Å². The standard InChI is InChI=1S/C10H20N2O3/c1-2-15-10(14)6-8-12-7-4-3-5-9(11)13/h12H,2-8H2,1H3,(H2,11,13). The van der Waals surface area contributed by atoms with Gasteiger partial charge in [0, 0.05) is 13.0 Å². The first-order valence-corrected chi connectivity index (χ1v) is 5.31. The fourth-order valence-electron chi connectivity index (χ4n) is 1.10. The van der Waals surface area contributed by atoms with E-state index in [0.29, 0.717) is 26.0 Å². The van der Waals surface area contributed by atoms with Crippen molar-refractivity contribution in [3.63, 3.8) is 0 Å². The number of carbonyl (C=O) groups excluding carboxylic acids is 2. The SMILES string of the molecule is CCOC(=O)CCNCCCCC(N)=O. The van der Waals surface area contributed by atoms with E-state index in [2.05, 4.69) is 5.32 Å². The van der Waals surface area contributed by atoms with Gasteiger partial charge in [-0.15, -0.1) is 0 Å². The Morgan fingerprint density at radius 2 is 1.93 bits per heavy atom. The zero-order valence-corrected chi connectivity index (χ0v) is 9.25. The second kappa shape index (κ2) is 9.45. The van der Waals surface area contributed by atoms with Crippen molar-refractivity contribution in [3.8, 4) is 0 Å². The van der Waals surface area contributed by atoms with Gasteiger partial charge in [0.05, 0.1) is 13.0 Å². The van der Waals surface area contributed by atoms with Crippen LogP contribution in [0.2, 0.25) is 0 Å². The molecule has 88 valence electrons. The fourth-order valence-corrected chi connectivity index (χ4v) is 1.10.